The summed E-state index contributed by atoms with van der Waals surface area (Å²) >= 11 is 5.43. The van der Waals surface area contributed by atoms with E-state index in [-0.39, 0.29) is 22.5 Å². The molecule has 1 heterocycles. The van der Waals surface area contributed by atoms with Crippen LogP contribution in [0.3, 0.4) is 0 Å². The Bertz CT molecular complexity index is 262. The summed E-state index contributed by atoms with van der Waals surface area (Å²) in [4.78, 5) is 24.7. The Morgan fingerprint density at radius 2 is 1.67 bits per heavy atom. The van der Waals surface area contributed by atoms with E-state index in [4.69, 9.17) is 11.6 Å². The largest absolute Gasteiger partial charge is 0.342 e. The molecule has 1 aliphatic rings. The fourth-order valence-corrected chi connectivity index (χ4v) is 2.00. The molecule has 86 valence electrons. The van der Waals surface area contributed by atoms with Crippen molar-refractivity contribution in [3.8, 4) is 0 Å². The van der Waals surface area contributed by atoms with Gasteiger partial charge in [0.1, 0.15) is 0 Å². The standard InChI is InChI=1S/C11H18ClNO2/c1-11(2,3)10(15)13-6-4-8(5-7-13)9(12)14/h8H,4-7H2,1-3H3. The van der Waals surface area contributed by atoms with Gasteiger partial charge in [0, 0.05) is 24.4 Å². The van der Waals surface area contributed by atoms with E-state index in [0.29, 0.717) is 25.9 Å². The summed E-state index contributed by atoms with van der Waals surface area (Å²) in [5, 5.41) is -0.266. The predicted octanol–water partition coefficient (Wildman–Crippen LogP) is 2.04. The number of hydrogen-bond donors (Lipinski definition) is 0. The molecule has 0 unspecified atom stereocenters. The van der Waals surface area contributed by atoms with E-state index in [1.807, 2.05) is 25.7 Å². The quantitative estimate of drug-likeness (QED) is 0.648. The Morgan fingerprint density at radius 3 is 2.00 bits per heavy atom. The van der Waals surface area contributed by atoms with Gasteiger partial charge in [-0.05, 0) is 24.4 Å². The fourth-order valence-electron chi connectivity index (χ4n) is 1.78. The lowest BCUT2D eigenvalue weighted by atomic mass is 9.91. The van der Waals surface area contributed by atoms with Crippen molar-refractivity contribution < 1.29 is 9.59 Å². The monoisotopic (exact) mass is 231 g/mol. The summed E-state index contributed by atoms with van der Waals surface area (Å²) in [6, 6.07) is 0. The maximum Gasteiger partial charge on any atom is 0.227 e. The molecule has 0 aromatic heterocycles. The number of carbonyl (C=O) groups excluding carboxylic acids is 2. The molecule has 0 aromatic rings. The number of carbonyl (C=O) groups is 2. The Hall–Kier alpha value is -0.570. The number of hydrogen-bond acceptors (Lipinski definition) is 2. The van der Waals surface area contributed by atoms with Gasteiger partial charge < -0.3 is 4.90 Å². The second-order valence-electron chi connectivity index (χ2n) is 5.12. The number of rotatable bonds is 1. The molecule has 3 nitrogen and oxygen atoms in total. The molecule has 0 aliphatic carbocycles. The molecule has 1 saturated heterocycles. The molecule has 0 bridgehead atoms. The molecule has 0 N–H and O–H groups in total. The minimum atomic E-state index is -0.336. The van der Waals surface area contributed by atoms with Crippen LogP contribution in [0.4, 0.5) is 0 Å². The maximum absolute atomic E-state index is 11.9. The highest BCUT2D eigenvalue weighted by Crippen LogP contribution is 2.24. The lowest BCUT2D eigenvalue weighted by Crippen LogP contribution is -2.44. The minimum absolute atomic E-state index is 0.0596. The van der Waals surface area contributed by atoms with Gasteiger partial charge in [0.15, 0.2) is 0 Å². The zero-order valence-electron chi connectivity index (χ0n) is 9.55. The van der Waals surface area contributed by atoms with Gasteiger partial charge in [0.2, 0.25) is 11.1 Å². The van der Waals surface area contributed by atoms with Crippen molar-refractivity contribution in [2.45, 2.75) is 33.6 Å². The topological polar surface area (TPSA) is 37.4 Å². The smallest absolute Gasteiger partial charge is 0.227 e. The molecule has 0 spiro atoms. The van der Waals surface area contributed by atoms with Gasteiger partial charge in [-0.15, -0.1) is 0 Å². The molecule has 4 heteroatoms. The van der Waals surface area contributed by atoms with Crippen molar-refractivity contribution in [3.63, 3.8) is 0 Å². The summed E-state index contributed by atoms with van der Waals surface area (Å²) in [6.45, 7) is 7.04. The normalized spacial score (nSPS) is 19.1. The first-order valence-electron chi connectivity index (χ1n) is 5.31. The average Bonchev–Trinajstić information content (AvgIpc) is 2.15. The second kappa shape index (κ2) is 4.52. The summed E-state index contributed by atoms with van der Waals surface area (Å²) in [5.74, 6) is 0.0960. The maximum atomic E-state index is 11.9. The number of halogens is 1. The molecule has 0 atom stereocenters. The first-order valence-corrected chi connectivity index (χ1v) is 5.69. The summed E-state index contributed by atoms with van der Waals surface area (Å²) < 4.78 is 0. The van der Waals surface area contributed by atoms with Crippen LogP contribution in [0.15, 0.2) is 0 Å². The zero-order chi connectivity index (χ0) is 11.6. The van der Waals surface area contributed by atoms with E-state index in [2.05, 4.69) is 0 Å². The molecular formula is C11H18ClNO2. The number of likely N-dealkylation sites (tertiary alicyclic amines) is 1. The highest BCUT2D eigenvalue weighted by Gasteiger charge is 2.31. The zero-order valence-corrected chi connectivity index (χ0v) is 10.3. The van der Waals surface area contributed by atoms with E-state index >= 15 is 0 Å². The van der Waals surface area contributed by atoms with Crippen molar-refractivity contribution in [2.24, 2.45) is 11.3 Å². The molecule has 0 saturated carbocycles. The van der Waals surface area contributed by atoms with E-state index in [9.17, 15) is 9.59 Å². The van der Waals surface area contributed by atoms with Crippen molar-refractivity contribution in [2.75, 3.05) is 13.1 Å². The van der Waals surface area contributed by atoms with Gasteiger partial charge in [-0.2, -0.15) is 0 Å². The molecule has 1 fully saturated rings. The summed E-state index contributed by atoms with van der Waals surface area (Å²) in [5.41, 5.74) is -0.336. The van der Waals surface area contributed by atoms with E-state index in [0.717, 1.165) is 0 Å². The summed E-state index contributed by atoms with van der Waals surface area (Å²) in [6.07, 6.45) is 1.40. The minimum Gasteiger partial charge on any atom is -0.342 e. The Morgan fingerprint density at radius 1 is 1.20 bits per heavy atom. The van der Waals surface area contributed by atoms with Gasteiger partial charge in [0.05, 0.1) is 0 Å². The van der Waals surface area contributed by atoms with Crippen LogP contribution in [0.1, 0.15) is 33.6 Å². The van der Waals surface area contributed by atoms with Crippen LogP contribution in [-0.4, -0.2) is 29.1 Å². The molecular weight excluding hydrogens is 214 g/mol. The fraction of sp³-hybridized carbons (Fsp3) is 0.818. The van der Waals surface area contributed by atoms with Gasteiger partial charge in [-0.25, -0.2) is 0 Å². The summed E-state index contributed by atoms with van der Waals surface area (Å²) in [7, 11) is 0. The molecule has 0 aromatic carbocycles. The van der Waals surface area contributed by atoms with Crippen LogP contribution in [0.25, 0.3) is 0 Å². The third-order valence-electron chi connectivity index (χ3n) is 2.74. The van der Waals surface area contributed by atoms with E-state index in [1.165, 1.54) is 0 Å². The third-order valence-corrected chi connectivity index (χ3v) is 3.05. The van der Waals surface area contributed by atoms with Crippen LogP contribution in [0, 0.1) is 11.3 Å². The van der Waals surface area contributed by atoms with Crippen LogP contribution < -0.4 is 0 Å². The molecule has 1 aliphatic heterocycles. The first-order chi connectivity index (χ1) is 6.82. The van der Waals surface area contributed by atoms with Crippen LogP contribution in [0.2, 0.25) is 0 Å². The Labute approximate surface area is 95.8 Å². The molecule has 15 heavy (non-hydrogen) atoms. The van der Waals surface area contributed by atoms with Crippen molar-refractivity contribution in [3.05, 3.63) is 0 Å². The highest BCUT2D eigenvalue weighted by molar-refractivity contribution is 6.63. The number of piperidine rings is 1. The average molecular weight is 232 g/mol. The van der Waals surface area contributed by atoms with Gasteiger partial charge in [-0.3, -0.25) is 9.59 Å². The predicted molar refractivity (Wildman–Crippen MR) is 59.6 cm³/mol. The van der Waals surface area contributed by atoms with Crippen molar-refractivity contribution in [1.82, 2.24) is 4.90 Å². The molecule has 1 rings (SSSR count). The Balaban J connectivity index is 2.51. The lowest BCUT2D eigenvalue weighted by Gasteiger charge is -2.34. The van der Waals surface area contributed by atoms with Crippen molar-refractivity contribution in [1.29, 1.82) is 0 Å². The highest BCUT2D eigenvalue weighted by atomic mass is 35.5. The van der Waals surface area contributed by atoms with E-state index < -0.39 is 0 Å². The van der Waals surface area contributed by atoms with Crippen LogP contribution in [-0.2, 0) is 9.59 Å². The van der Waals surface area contributed by atoms with Gasteiger partial charge >= 0.3 is 0 Å². The molecule has 0 radical (unpaired) electrons. The number of amides is 1. The number of nitrogens with zero attached hydrogens (tertiary/aromatic N) is 1. The Kier molecular flexibility index (Phi) is 3.77. The lowest BCUT2D eigenvalue weighted by molar-refractivity contribution is -0.141. The first kappa shape index (κ1) is 12.5. The third kappa shape index (κ3) is 3.20. The SMILES string of the molecule is CC(C)(C)C(=O)N1CCC(C(=O)Cl)CC1. The van der Waals surface area contributed by atoms with Gasteiger partial charge in [-0.1, -0.05) is 20.8 Å². The van der Waals surface area contributed by atoms with Crippen LogP contribution in [0.5, 0.6) is 0 Å². The molecule has 1 amide bonds. The van der Waals surface area contributed by atoms with Crippen molar-refractivity contribution >= 4 is 22.8 Å². The van der Waals surface area contributed by atoms with E-state index in [1.54, 1.807) is 0 Å². The van der Waals surface area contributed by atoms with Gasteiger partial charge in [0.25, 0.3) is 0 Å². The second-order valence-corrected chi connectivity index (χ2v) is 5.49. The van der Waals surface area contributed by atoms with Crippen LogP contribution >= 0.6 is 11.6 Å².